The summed E-state index contributed by atoms with van der Waals surface area (Å²) in [6, 6.07) is 7.81. The molecule has 4 aromatic rings. The van der Waals surface area contributed by atoms with Crippen molar-refractivity contribution in [1.29, 1.82) is 0 Å². The molecule has 7 nitrogen and oxygen atoms in total. The summed E-state index contributed by atoms with van der Waals surface area (Å²) in [6.07, 6.45) is 13.2. The Kier molecular flexibility index (Phi) is 5.33. The summed E-state index contributed by atoms with van der Waals surface area (Å²) < 4.78 is 9.68. The first kappa shape index (κ1) is 19.0. The molecule has 1 N–H and O–H groups in total. The number of carbonyl (C=O) groups excluding carboxylic acids is 1. The van der Waals surface area contributed by atoms with Crippen molar-refractivity contribution in [2.24, 2.45) is 0 Å². The molecular weight excluding hydrogens is 398 g/mol. The molecule has 5 rings (SSSR count). The van der Waals surface area contributed by atoms with Crippen molar-refractivity contribution in [1.82, 2.24) is 24.5 Å². The predicted octanol–water partition coefficient (Wildman–Crippen LogP) is 3.76. The number of carbonyl (C=O) groups is 1. The summed E-state index contributed by atoms with van der Waals surface area (Å²) in [5, 5.41) is 7.47. The van der Waals surface area contributed by atoms with Crippen molar-refractivity contribution in [3.8, 4) is 10.4 Å². The van der Waals surface area contributed by atoms with Crippen LogP contribution in [0.1, 0.15) is 34.5 Å². The zero-order valence-corrected chi connectivity index (χ0v) is 17.3. The van der Waals surface area contributed by atoms with E-state index in [4.69, 9.17) is 4.74 Å². The summed E-state index contributed by atoms with van der Waals surface area (Å²) in [4.78, 5) is 18.6. The molecule has 1 amide bonds. The molecule has 4 aromatic heterocycles. The van der Waals surface area contributed by atoms with Crippen molar-refractivity contribution in [2.75, 3.05) is 6.61 Å². The van der Waals surface area contributed by atoms with E-state index in [-0.39, 0.29) is 12.0 Å². The summed E-state index contributed by atoms with van der Waals surface area (Å²) in [7, 11) is 0. The second kappa shape index (κ2) is 8.41. The second-order valence-corrected chi connectivity index (χ2v) is 8.60. The molecule has 30 heavy (non-hydrogen) atoms. The number of ether oxygens (including phenoxy) is 1. The predicted molar refractivity (Wildman–Crippen MR) is 115 cm³/mol. The standard InChI is InChI=1S/C22H23N5O2S/c28-22(24-12-16-6-8-26-9-7-23-21(26)11-16)20-5-4-19(30-20)17-13-25-27(14-17)15-18-3-1-2-10-29-18/h4-9,11,13-14,18H,1-3,10,12,15H2,(H,24,28). The quantitative estimate of drug-likeness (QED) is 0.515. The molecule has 0 spiro atoms. The molecule has 8 heteroatoms. The Morgan fingerprint density at radius 1 is 1.27 bits per heavy atom. The molecule has 1 unspecified atom stereocenters. The molecule has 5 heterocycles. The van der Waals surface area contributed by atoms with E-state index in [0.29, 0.717) is 11.4 Å². The van der Waals surface area contributed by atoms with Crippen molar-refractivity contribution < 1.29 is 9.53 Å². The molecule has 0 aromatic carbocycles. The first-order valence-corrected chi connectivity index (χ1v) is 11.0. The Balaban J connectivity index is 1.21. The molecule has 1 aliphatic rings. The summed E-state index contributed by atoms with van der Waals surface area (Å²) in [5.41, 5.74) is 2.92. The average Bonchev–Trinajstić information content (AvgIpc) is 3.52. The highest BCUT2D eigenvalue weighted by molar-refractivity contribution is 7.17. The van der Waals surface area contributed by atoms with Crippen LogP contribution in [0, 0.1) is 0 Å². The van der Waals surface area contributed by atoms with E-state index in [0.717, 1.165) is 47.6 Å². The number of amides is 1. The van der Waals surface area contributed by atoms with Crippen molar-refractivity contribution in [2.45, 2.75) is 38.5 Å². The number of hydrogen-bond acceptors (Lipinski definition) is 5. The highest BCUT2D eigenvalue weighted by Crippen LogP contribution is 2.28. The molecule has 1 saturated heterocycles. The molecule has 1 atom stereocenters. The molecule has 154 valence electrons. The average molecular weight is 422 g/mol. The molecular formula is C22H23N5O2S. The third-order valence-corrected chi connectivity index (χ3v) is 6.46. The van der Waals surface area contributed by atoms with Gasteiger partial charge in [-0.2, -0.15) is 5.10 Å². The first-order chi connectivity index (χ1) is 14.7. The van der Waals surface area contributed by atoms with E-state index in [1.165, 1.54) is 17.8 Å². The van der Waals surface area contributed by atoms with Crippen LogP contribution in [0.15, 0.2) is 55.2 Å². The number of aromatic nitrogens is 4. The van der Waals surface area contributed by atoms with E-state index in [2.05, 4.69) is 15.4 Å². The van der Waals surface area contributed by atoms with Gasteiger partial charge in [0.05, 0.1) is 23.7 Å². The lowest BCUT2D eigenvalue weighted by Gasteiger charge is -2.22. The number of nitrogens with one attached hydrogen (secondary N) is 1. The van der Waals surface area contributed by atoms with Crippen LogP contribution in [0.3, 0.4) is 0 Å². The number of pyridine rings is 1. The third kappa shape index (κ3) is 4.15. The van der Waals surface area contributed by atoms with Gasteiger partial charge < -0.3 is 14.5 Å². The number of imidazole rings is 1. The number of nitrogens with zero attached hydrogens (tertiary/aromatic N) is 4. The second-order valence-electron chi connectivity index (χ2n) is 7.51. The highest BCUT2D eigenvalue weighted by atomic mass is 32.1. The minimum Gasteiger partial charge on any atom is -0.376 e. The van der Waals surface area contributed by atoms with E-state index >= 15 is 0 Å². The fourth-order valence-corrected chi connectivity index (χ4v) is 4.59. The van der Waals surface area contributed by atoms with Gasteiger partial charge in [-0.1, -0.05) is 0 Å². The minimum absolute atomic E-state index is 0.0718. The smallest absolute Gasteiger partial charge is 0.261 e. The van der Waals surface area contributed by atoms with Crippen LogP contribution in [0.5, 0.6) is 0 Å². The first-order valence-electron chi connectivity index (χ1n) is 10.2. The lowest BCUT2D eigenvalue weighted by molar-refractivity contribution is 0.00400. The SMILES string of the molecule is O=C(NCc1ccn2ccnc2c1)c1ccc(-c2cnn(CC3CCCCO3)c2)s1. The van der Waals surface area contributed by atoms with E-state index in [9.17, 15) is 4.79 Å². The lowest BCUT2D eigenvalue weighted by Crippen LogP contribution is -2.24. The Morgan fingerprint density at radius 2 is 2.23 bits per heavy atom. The number of thiophene rings is 1. The summed E-state index contributed by atoms with van der Waals surface area (Å²) >= 11 is 1.48. The van der Waals surface area contributed by atoms with Gasteiger partial charge >= 0.3 is 0 Å². The minimum atomic E-state index is -0.0718. The molecule has 0 aliphatic carbocycles. The monoisotopic (exact) mass is 421 g/mol. The number of hydrogen-bond donors (Lipinski definition) is 1. The highest BCUT2D eigenvalue weighted by Gasteiger charge is 2.16. The largest absolute Gasteiger partial charge is 0.376 e. The fourth-order valence-electron chi connectivity index (χ4n) is 3.70. The van der Waals surface area contributed by atoms with Crippen LogP contribution in [-0.2, 0) is 17.8 Å². The topological polar surface area (TPSA) is 73.5 Å². The van der Waals surface area contributed by atoms with Gasteiger partial charge in [-0.25, -0.2) is 4.98 Å². The maximum atomic E-state index is 12.6. The molecule has 0 bridgehead atoms. The zero-order chi connectivity index (χ0) is 20.3. The molecule has 0 radical (unpaired) electrons. The van der Waals surface area contributed by atoms with Crippen molar-refractivity contribution in [3.63, 3.8) is 0 Å². The number of rotatable bonds is 6. The van der Waals surface area contributed by atoms with Crippen LogP contribution in [0.25, 0.3) is 16.1 Å². The van der Waals surface area contributed by atoms with Crippen LogP contribution in [0.4, 0.5) is 0 Å². The maximum absolute atomic E-state index is 12.6. The molecule has 0 saturated carbocycles. The van der Waals surface area contributed by atoms with Gasteiger partial charge in [-0.3, -0.25) is 9.48 Å². The Bertz CT molecular complexity index is 1160. The lowest BCUT2D eigenvalue weighted by atomic mass is 10.1. The fraction of sp³-hybridized carbons (Fsp3) is 0.318. The zero-order valence-electron chi connectivity index (χ0n) is 16.5. The summed E-state index contributed by atoms with van der Waals surface area (Å²) in [6.45, 7) is 2.09. The van der Waals surface area contributed by atoms with Crippen LogP contribution in [-0.4, -0.2) is 37.8 Å². The maximum Gasteiger partial charge on any atom is 0.261 e. The van der Waals surface area contributed by atoms with Gasteiger partial charge in [0.25, 0.3) is 5.91 Å². The van der Waals surface area contributed by atoms with Gasteiger partial charge in [0, 0.05) is 48.4 Å². The van der Waals surface area contributed by atoms with E-state index in [1.807, 2.05) is 58.1 Å². The Morgan fingerprint density at radius 3 is 3.13 bits per heavy atom. The number of fused-ring (bicyclic) bond motifs is 1. The van der Waals surface area contributed by atoms with Gasteiger partial charge in [0.15, 0.2) is 0 Å². The summed E-state index contributed by atoms with van der Waals surface area (Å²) in [5.74, 6) is -0.0718. The Hall–Kier alpha value is -2.97. The van der Waals surface area contributed by atoms with Crippen molar-refractivity contribution in [3.05, 3.63) is 65.7 Å². The van der Waals surface area contributed by atoms with Gasteiger partial charge in [-0.05, 0) is 49.1 Å². The van der Waals surface area contributed by atoms with E-state index in [1.54, 1.807) is 6.20 Å². The van der Waals surface area contributed by atoms with Crippen molar-refractivity contribution >= 4 is 22.9 Å². The normalized spacial score (nSPS) is 16.7. The third-order valence-electron chi connectivity index (χ3n) is 5.33. The van der Waals surface area contributed by atoms with Gasteiger partial charge in [0.1, 0.15) is 5.65 Å². The molecule has 1 fully saturated rings. The Labute approximate surface area is 178 Å². The van der Waals surface area contributed by atoms with E-state index < -0.39 is 0 Å². The molecule has 1 aliphatic heterocycles. The van der Waals surface area contributed by atoms with Crippen LogP contribution >= 0.6 is 11.3 Å². The van der Waals surface area contributed by atoms with Gasteiger partial charge in [0.2, 0.25) is 0 Å². The van der Waals surface area contributed by atoms with Crippen LogP contribution < -0.4 is 5.32 Å². The van der Waals surface area contributed by atoms with Crippen LogP contribution in [0.2, 0.25) is 0 Å². The van der Waals surface area contributed by atoms with Gasteiger partial charge in [-0.15, -0.1) is 11.3 Å².